The molecule has 8 aromatic rings. The monoisotopic (exact) mass is 785 g/mol. The van der Waals surface area contributed by atoms with E-state index in [9.17, 15) is 34.6 Å². The first-order chi connectivity index (χ1) is 28.5. The van der Waals surface area contributed by atoms with Crippen LogP contribution < -0.4 is 27.0 Å². The topological polar surface area (TPSA) is 237 Å². The second-order valence-electron chi connectivity index (χ2n) is 13.4. The van der Waals surface area contributed by atoms with Crippen LogP contribution in [0.4, 0.5) is 34.1 Å². The van der Waals surface area contributed by atoms with E-state index in [1.54, 1.807) is 0 Å². The number of carbonyl (C=O) groups is 3. The SMILES string of the molecule is NC(=O)C(CNC(=O)c1ccc(Nc2c3ccccc3nc3ccccc23)c([N+](=O)[O-])c1)NC(=O)c1ccc(Nc2c3ccccc3nc3ccccc23)c([N+](=O)[O-])c1. The maximum atomic E-state index is 13.4. The van der Waals surface area contributed by atoms with Crippen LogP contribution in [0.1, 0.15) is 20.7 Å². The van der Waals surface area contributed by atoms with Gasteiger partial charge in [0.25, 0.3) is 23.2 Å². The maximum Gasteiger partial charge on any atom is 0.293 e. The van der Waals surface area contributed by atoms with E-state index in [4.69, 9.17) is 5.73 Å². The molecule has 0 aliphatic carbocycles. The summed E-state index contributed by atoms with van der Waals surface area (Å²) in [7, 11) is 0. The summed E-state index contributed by atoms with van der Waals surface area (Å²) < 4.78 is 0. The first-order valence-corrected chi connectivity index (χ1v) is 18.1. The molecule has 3 amide bonds. The Morgan fingerprint density at radius 3 is 1.31 bits per heavy atom. The van der Waals surface area contributed by atoms with Crippen molar-refractivity contribution in [2.24, 2.45) is 5.73 Å². The number of benzene rings is 6. The highest BCUT2D eigenvalue weighted by atomic mass is 16.6. The third kappa shape index (κ3) is 7.43. The van der Waals surface area contributed by atoms with Crippen molar-refractivity contribution >= 4 is 95.5 Å². The van der Waals surface area contributed by atoms with E-state index in [1.165, 1.54) is 24.3 Å². The number of nitrogens with two attached hydrogens (primary N) is 1. The van der Waals surface area contributed by atoms with Crippen LogP contribution in [0.25, 0.3) is 43.6 Å². The Kier molecular flexibility index (Phi) is 9.85. The second kappa shape index (κ2) is 15.5. The van der Waals surface area contributed by atoms with Gasteiger partial charge in [-0.3, -0.25) is 34.6 Å². The molecule has 0 fully saturated rings. The minimum Gasteiger partial charge on any atom is -0.368 e. The van der Waals surface area contributed by atoms with Crippen molar-refractivity contribution in [2.45, 2.75) is 6.04 Å². The molecule has 16 nitrogen and oxygen atoms in total. The zero-order chi connectivity index (χ0) is 41.2. The van der Waals surface area contributed by atoms with E-state index >= 15 is 0 Å². The van der Waals surface area contributed by atoms with Gasteiger partial charge in [0.05, 0.1) is 43.3 Å². The molecule has 1 atom stereocenters. The van der Waals surface area contributed by atoms with E-state index in [0.29, 0.717) is 33.4 Å². The zero-order valence-corrected chi connectivity index (χ0v) is 30.7. The highest BCUT2D eigenvalue weighted by Gasteiger charge is 2.25. The molecule has 0 radical (unpaired) electrons. The predicted molar refractivity (Wildman–Crippen MR) is 224 cm³/mol. The number of hydrogen-bond donors (Lipinski definition) is 5. The van der Waals surface area contributed by atoms with Gasteiger partial charge in [-0.15, -0.1) is 0 Å². The summed E-state index contributed by atoms with van der Waals surface area (Å²) in [5, 5.41) is 38.7. The number of anilines is 4. The number of rotatable bonds is 12. The van der Waals surface area contributed by atoms with E-state index in [2.05, 4.69) is 31.2 Å². The van der Waals surface area contributed by atoms with Crippen LogP contribution in [0, 0.1) is 20.2 Å². The molecule has 0 bridgehead atoms. The van der Waals surface area contributed by atoms with E-state index in [-0.39, 0.29) is 22.5 Å². The van der Waals surface area contributed by atoms with Crippen molar-refractivity contribution < 1.29 is 24.2 Å². The highest BCUT2D eigenvalue weighted by molar-refractivity contribution is 6.10. The number of primary amides is 1. The number of fused-ring (bicyclic) bond motifs is 4. The number of nitrogens with zero attached hydrogens (tertiary/aromatic N) is 4. The van der Waals surface area contributed by atoms with Crippen molar-refractivity contribution in [3.8, 4) is 0 Å². The maximum absolute atomic E-state index is 13.4. The largest absolute Gasteiger partial charge is 0.368 e. The zero-order valence-electron chi connectivity index (χ0n) is 30.7. The van der Waals surface area contributed by atoms with Crippen LogP contribution in [-0.4, -0.2) is 50.1 Å². The molecular formula is C43H31N9O7. The molecule has 6 N–H and O–H groups in total. The van der Waals surface area contributed by atoms with Gasteiger partial charge in [-0.2, -0.15) is 0 Å². The Bertz CT molecular complexity index is 2940. The molecule has 0 aliphatic heterocycles. The number of para-hydroxylation sites is 4. The van der Waals surface area contributed by atoms with Crippen LogP contribution in [0.3, 0.4) is 0 Å². The number of hydrogen-bond acceptors (Lipinski definition) is 11. The number of pyridine rings is 2. The first kappa shape index (κ1) is 37.4. The van der Waals surface area contributed by atoms with Gasteiger partial charge in [0.2, 0.25) is 5.91 Å². The van der Waals surface area contributed by atoms with Crippen LogP contribution in [0.15, 0.2) is 133 Å². The van der Waals surface area contributed by atoms with Gasteiger partial charge in [-0.1, -0.05) is 72.8 Å². The quantitative estimate of drug-likeness (QED) is 0.0464. The van der Waals surface area contributed by atoms with Gasteiger partial charge in [0.1, 0.15) is 17.4 Å². The van der Waals surface area contributed by atoms with E-state index in [1.807, 2.05) is 97.1 Å². The summed E-state index contributed by atoms with van der Waals surface area (Å²) >= 11 is 0. The fourth-order valence-electron chi connectivity index (χ4n) is 6.84. The van der Waals surface area contributed by atoms with Crippen LogP contribution in [-0.2, 0) is 4.79 Å². The molecule has 16 heteroatoms. The van der Waals surface area contributed by atoms with Gasteiger partial charge in [-0.25, -0.2) is 9.97 Å². The fraction of sp³-hybridized carbons (Fsp3) is 0.0465. The average Bonchev–Trinajstić information content (AvgIpc) is 3.24. The molecule has 0 spiro atoms. The summed E-state index contributed by atoms with van der Waals surface area (Å²) in [6.07, 6.45) is 0. The molecular weight excluding hydrogens is 755 g/mol. The molecule has 59 heavy (non-hydrogen) atoms. The Morgan fingerprint density at radius 2 is 0.932 bits per heavy atom. The molecule has 290 valence electrons. The Morgan fingerprint density at radius 1 is 0.559 bits per heavy atom. The number of nitro groups is 2. The predicted octanol–water partition coefficient (Wildman–Crippen LogP) is 7.41. The standard InChI is InChI=1S/C43H31N9O7/c44-41(53)36(50-43(55)25-18-20-35(38(22-25)52(58)59)49-40-28-11-3-7-15-32(28)47-33-16-8-4-12-29(33)40)23-45-42(54)24-17-19-34(37(21-24)51(56)57)48-39-26-9-1-5-13-30(26)46-31-14-6-2-10-27(31)39/h1-22,36H,23H2,(H2,44,53)(H,45,54)(H,46,48)(H,47,49)(H,50,55). The highest BCUT2D eigenvalue weighted by Crippen LogP contribution is 2.38. The lowest BCUT2D eigenvalue weighted by molar-refractivity contribution is -0.384. The number of amides is 3. The van der Waals surface area contributed by atoms with E-state index < -0.39 is 51.5 Å². The van der Waals surface area contributed by atoms with Crippen LogP contribution in [0.2, 0.25) is 0 Å². The lowest BCUT2D eigenvalue weighted by Crippen LogP contribution is -2.51. The van der Waals surface area contributed by atoms with Gasteiger partial charge < -0.3 is 27.0 Å². The minimum atomic E-state index is -1.46. The number of carbonyl (C=O) groups excluding carboxylic acids is 3. The van der Waals surface area contributed by atoms with Gasteiger partial charge in [0.15, 0.2) is 0 Å². The summed E-state index contributed by atoms with van der Waals surface area (Å²) in [5.41, 5.74) is 8.61. The molecule has 2 heterocycles. The normalized spacial score (nSPS) is 11.6. The summed E-state index contributed by atoms with van der Waals surface area (Å²) in [4.78, 5) is 71.8. The third-order valence-corrected chi connectivity index (χ3v) is 9.72. The number of nitro benzene ring substituents is 2. The third-order valence-electron chi connectivity index (χ3n) is 9.72. The van der Waals surface area contributed by atoms with Crippen molar-refractivity contribution in [1.82, 2.24) is 20.6 Å². The number of aromatic nitrogens is 2. The Balaban J connectivity index is 0.993. The number of nitrogens with one attached hydrogen (secondary N) is 4. The summed E-state index contributed by atoms with van der Waals surface area (Å²) in [6.45, 7) is -0.493. The van der Waals surface area contributed by atoms with Gasteiger partial charge >= 0.3 is 0 Å². The molecule has 6 aromatic carbocycles. The summed E-state index contributed by atoms with van der Waals surface area (Å²) in [6, 6.07) is 35.6. The fourth-order valence-corrected chi connectivity index (χ4v) is 6.84. The average molecular weight is 786 g/mol. The molecule has 0 saturated carbocycles. The summed E-state index contributed by atoms with van der Waals surface area (Å²) in [5.74, 6) is -2.67. The van der Waals surface area contributed by atoms with Crippen molar-refractivity contribution in [3.05, 3.63) is 165 Å². The Labute approximate surface area is 333 Å². The smallest absolute Gasteiger partial charge is 0.293 e. The van der Waals surface area contributed by atoms with Crippen molar-refractivity contribution in [3.63, 3.8) is 0 Å². The first-order valence-electron chi connectivity index (χ1n) is 18.1. The van der Waals surface area contributed by atoms with Gasteiger partial charge in [0, 0.05) is 51.3 Å². The molecule has 1 unspecified atom stereocenters. The van der Waals surface area contributed by atoms with Gasteiger partial charge in [-0.05, 0) is 48.5 Å². The van der Waals surface area contributed by atoms with Crippen molar-refractivity contribution in [2.75, 3.05) is 17.2 Å². The van der Waals surface area contributed by atoms with Crippen molar-refractivity contribution in [1.29, 1.82) is 0 Å². The molecule has 2 aromatic heterocycles. The Hall–Kier alpha value is -8.53. The van der Waals surface area contributed by atoms with Crippen LogP contribution in [0.5, 0.6) is 0 Å². The minimum absolute atomic E-state index is 0.101. The van der Waals surface area contributed by atoms with E-state index in [0.717, 1.165) is 33.7 Å². The van der Waals surface area contributed by atoms with Crippen LogP contribution >= 0.6 is 0 Å². The second-order valence-corrected chi connectivity index (χ2v) is 13.4. The molecule has 8 rings (SSSR count). The molecule has 0 aliphatic rings. The lowest BCUT2D eigenvalue weighted by Gasteiger charge is -2.17. The molecule has 0 saturated heterocycles. The lowest BCUT2D eigenvalue weighted by atomic mass is 10.1.